The van der Waals surface area contributed by atoms with Crippen LogP contribution >= 0.6 is 11.3 Å². The van der Waals surface area contributed by atoms with Gasteiger partial charge < -0.3 is 19.2 Å². The highest BCUT2D eigenvalue weighted by Crippen LogP contribution is 2.34. The number of carbonyl (C=O) groups excluding carboxylic acids is 3. The van der Waals surface area contributed by atoms with E-state index in [1.807, 2.05) is 0 Å². The van der Waals surface area contributed by atoms with Gasteiger partial charge in [0.15, 0.2) is 5.78 Å². The standard InChI is InChI=1S/C21H19NO7S/c1-5-28-21(26)16-10(2)17(11(3)23)30-19(16)22-18(24)14-9-12-8-13(27-4)6-7-15(12)29-20(14)25/h6-9H,5H2,1-4H3,(H,22,24). The van der Waals surface area contributed by atoms with Crippen molar-refractivity contribution in [2.24, 2.45) is 0 Å². The van der Waals surface area contributed by atoms with Gasteiger partial charge in [0.05, 0.1) is 24.2 Å². The lowest BCUT2D eigenvalue weighted by molar-refractivity contribution is 0.0527. The van der Waals surface area contributed by atoms with Crippen LogP contribution in [0.3, 0.4) is 0 Å². The number of esters is 1. The van der Waals surface area contributed by atoms with E-state index in [1.54, 1.807) is 32.0 Å². The molecule has 2 heterocycles. The Bertz CT molecular complexity index is 1220. The minimum atomic E-state index is -0.831. The summed E-state index contributed by atoms with van der Waals surface area (Å²) in [6.07, 6.45) is 0. The van der Waals surface area contributed by atoms with Crippen LogP contribution in [-0.2, 0) is 4.74 Å². The van der Waals surface area contributed by atoms with Crippen LogP contribution in [0, 0.1) is 6.92 Å². The summed E-state index contributed by atoms with van der Waals surface area (Å²) in [5.74, 6) is -1.15. The van der Waals surface area contributed by atoms with Gasteiger partial charge in [0, 0.05) is 5.39 Å². The molecule has 0 aliphatic heterocycles. The van der Waals surface area contributed by atoms with Gasteiger partial charge in [0.25, 0.3) is 5.91 Å². The Hall–Kier alpha value is -3.46. The van der Waals surface area contributed by atoms with Gasteiger partial charge in [-0.3, -0.25) is 9.59 Å². The Morgan fingerprint density at radius 1 is 1.20 bits per heavy atom. The van der Waals surface area contributed by atoms with Crippen molar-refractivity contribution in [3.8, 4) is 5.75 Å². The molecule has 0 atom stereocenters. The Morgan fingerprint density at radius 3 is 2.57 bits per heavy atom. The predicted molar refractivity (Wildman–Crippen MR) is 112 cm³/mol. The topological polar surface area (TPSA) is 112 Å². The number of thiophene rings is 1. The maximum atomic E-state index is 12.8. The van der Waals surface area contributed by atoms with Crippen molar-refractivity contribution in [1.29, 1.82) is 0 Å². The molecule has 156 valence electrons. The molecule has 8 nitrogen and oxygen atoms in total. The molecule has 1 N–H and O–H groups in total. The van der Waals surface area contributed by atoms with Crippen molar-refractivity contribution < 1.29 is 28.3 Å². The molecule has 3 aromatic rings. The first-order valence-corrected chi connectivity index (χ1v) is 9.83. The molecule has 0 radical (unpaired) electrons. The Morgan fingerprint density at radius 2 is 1.93 bits per heavy atom. The number of fused-ring (bicyclic) bond motifs is 1. The van der Waals surface area contributed by atoms with Crippen LogP contribution in [0.2, 0.25) is 0 Å². The van der Waals surface area contributed by atoms with Crippen molar-refractivity contribution in [2.75, 3.05) is 19.0 Å². The minimum absolute atomic E-state index is 0.0900. The maximum Gasteiger partial charge on any atom is 0.349 e. The van der Waals surface area contributed by atoms with E-state index in [4.69, 9.17) is 13.9 Å². The van der Waals surface area contributed by atoms with Gasteiger partial charge in [0.1, 0.15) is 21.9 Å². The molecule has 0 fully saturated rings. The molecule has 0 saturated carbocycles. The number of ketones is 1. The zero-order valence-corrected chi connectivity index (χ0v) is 17.6. The molecule has 0 aliphatic rings. The number of hydrogen-bond acceptors (Lipinski definition) is 8. The lowest BCUT2D eigenvalue weighted by Crippen LogP contribution is -2.21. The third kappa shape index (κ3) is 3.97. The molecule has 0 aliphatic carbocycles. The molecule has 0 spiro atoms. The van der Waals surface area contributed by atoms with Crippen LogP contribution in [-0.4, -0.2) is 31.4 Å². The van der Waals surface area contributed by atoms with Crippen LogP contribution in [0.25, 0.3) is 11.0 Å². The van der Waals surface area contributed by atoms with Gasteiger partial charge in [-0.2, -0.15) is 0 Å². The summed E-state index contributed by atoms with van der Waals surface area (Å²) in [5, 5.41) is 3.18. The van der Waals surface area contributed by atoms with Crippen LogP contribution in [0.4, 0.5) is 5.00 Å². The molecular formula is C21H19NO7S. The molecule has 30 heavy (non-hydrogen) atoms. The van der Waals surface area contributed by atoms with Crippen LogP contribution in [0.5, 0.6) is 5.75 Å². The summed E-state index contributed by atoms with van der Waals surface area (Å²) in [6.45, 7) is 4.75. The maximum absolute atomic E-state index is 12.8. The van der Waals surface area contributed by atoms with E-state index in [9.17, 15) is 19.2 Å². The molecule has 0 bridgehead atoms. The fraction of sp³-hybridized carbons (Fsp3) is 0.238. The molecule has 9 heteroatoms. The van der Waals surface area contributed by atoms with E-state index in [-0.39, 0.29) is 28.5 Å². The molecular weight excluding hydrogens is 410 g/mol. The fourth-order valence-electron chi connectivity index (χ4n) is 2.94. The Kier molecular flexibility index (Phi) is 6.02. The number of rotatable bonds is 6. The highest BCUT2D eigenvalue weighted by atomic mass is 32.1. The summed E-state index contributed by atoms with van der Waals surface area (Å²) in [4.78, 5) is 49.7. The number of amides is 1. The first kappa shape index (κ1) is 21.3. The number of nitrogens with one attached hydrogen (secondary N) is 1. The van der Waals surface area contributed by atoms with E-state index >= 15 is 0 Å². The van der Waals surface area contributed by atoms with Gasteiger partial charge in [-0.25, -0.2) is 9.59 Å². The normalized spacial score (nSPS) is 10.7. The van der Waals surface area contributed by atoms with Crippen molar-refractivity contribution >= 4 is 45.0 Å². The Balaban J connectivity index is 2.04. The lowest BCUT2D eigenvalue weighted by Gasteiger charge is -2.07. The van der Waals surface area contributed by atoms with E-state index in [1.165, 1.54) is 20.1 Å². The quantitative estimate of drug-likeness (QED) is 0.360. The van der Waals surface area contributed by atoms with Gasteiger partial charge in [0.2, 0.25) is 0 Å². The second kappa shape index (κ2) is 8.50. The van der Waals surface area contributed by atoms with Gasteiger partial charge in [-0.15, -0.1) is 11.3 Å². The largest absolute Gasteiger partial charge is 0.497 e. The SMILES string of the molecule is CCOC(=O)c1c(NC(=O)c2cc3cc(OC)ccc3oc2=O)sc(C(C)=O)c1C. The van der Waals surface area contributed by atoms with Crippen LogP contribution in [0.15, 0.2) is 33.5 Å². The van der Waals surface area contributed by atoms with Crippen LogP contribution < -0.4 is 15.7 Å². The summed E-state index contributed by atoms with van der Waals surface area (Å²) in [7, 11) is 1.50. The first-order valence-electron chi connectivity index (χ1n) is 9.01. The van der Waals surface area contributed by atoms with Gasteiger partial charge >= 0.3 is 11.6 Å². The zero-order chi connectivity index (χ0) is 22.0. The van der Waals surface area contributed by atoms with E-state index in [2.05, 4.69) is 5.32 Å². The monoisotopic (exact) mass is 429 g/mol. The molecule has 1 aromatic carbocycles. The van der Waals surface area contributed by atoms with Crippen LogP contribution in [0.1, 0.15) is 49.8 Å². The lowest BCUT2D eigenvalue weighted by atomic mass is 10.1. The number of anilines is 1. The zero-order valence-electron chi connectivity index (χ0n) is 16.8. The second-order valence-electron chi connectivity index (χ2n) is 6.34. The van der Waals surface area contributed by atoms with Crippen molar-refractivity contribution in [2.45, 2.75) is 20.8 Å². The van der Waals surface area contributed by atoms with Crippen molar-refractivity contribution in [1.82, 2.24) is 0 Å². The Labute approximate surface area is 175 Å². The van der Waals surface area contributed by atoms with E-state index in [0.29, 0.717) is 27.2 Å². The second-order valence-corrected chi connectivity index (χ2v) is 7.36. The highest BCUT2D eigenvalue weighted by molar-refractivity contribution is 7.18. The van der Waals surface area contributed by atoms with Gasteiger partial charge in [-0.1, -0.05) is 0 Å². The van der Waals surface area contributed by atoms with E-state index in [0.717, 1.165) is 11.3 Å². The number of hydrogen-bond donors (Lipinski definition) is 1. The third-order valence-electron chi connectivity index (χ3n) is 4.36. The molecule has 0 saturated heterocycles. The fourth-order valence-corrected chi connectivity index (χ4v) is 4.03. The number of benzene rings is 1. The molecule has 2 aromatic heterocycles. The minimum Gasteiger partial charge on any atom is -0.497 e. The molecule has 3 rings (SSSR count). The summed E-state index contributed by atoms with van der Waals surface area (Å²) < 4.78 is 15.4. The number of ether oxygens (including phenoxy) is 2. The average Bonchev–Trinajstić information content (AvgIpc) is 3.03. The third-order valence-corrected chi connectivity index (χ3v) is 5.67. The predicted octanol–water partition coefficient (Wildman–Crippen LogP) is 3.80. The highest BCUT2D eigenvalue weighted by Gasteiger charge is 2.26. The van der Waals surface area contributed by atoms with Gasteiger partial charge in [-0.05, 0) is 50.6 Å². The average molecular weight is 429 g/mol. The van der Waals surface area contributed by atoms with E-state index < -0.39 is 17.5 Å². The molecule has 1 amide bonds. The van der Waals surface area contributed by atoms with Crippen molar-refractivity contribution in [3.63, 3.8) is 0 Å². The number of Topliss-reactive ketones (excluding diaryl/α,β-unsaturated/α-hetero) is 1. The summed E-state index contributed by atoms with van der Waals surface area (Å²) in [5.41, 5.74) is -0.275. The summed E-state index contributed by atoms with van der Waals surface area (Å²) in [6, 6.07) is 6.21. The first-order chi connectivity index (χ1) is 14.3. The summed E-state index contributed by atoms with van der Waals surface area (Å²) >= 11 is 0.952. The number of carbonyl (C=O) groups is 3. The smallest absolute Gasteiger partial charge is 0.349 e. The molecule has 0 unspecified atom stereocenters. The van der Waals surface area contributed by atoms with Crippen molar-refractivity contribution in [3.05, 3.63) is 56.3 Å². The number of methoxy groups -OCH3 is 1.